The fourth-order valence-corrected chi connectivity index (χ4v) is 2.95. The number of hydrogen-bond donors (Lipinski definition) is 0. The Morgan fingerprint density at radius 3 is 3.00 bits per heavy atom. The molecule has 0 aliphatic carbocycles. The van der Waals surface area contributed by atoms with E-state index in [4.69, 9.17) is 4.42 Å². The van der Waals surface area contributed by atoms with Crippen LogP contribution in [0.15, 0.2) is 29.3 Å². The number of carbonyl (C=O) groups is 1. The number of imidazole rings is 1. The van der Waals surface area contributed by atoms with E-state index in [0.717, 1.165) is 30.0 Å². The molecule has 1 aliphatic rings. The maximum atomic E-state index is 12.5. The number of hydrogen-bond acceptors (Lipinski definition) is 4. The second kappa shape index (κ2) is 5.37. The fourth-order valence-electron chi connectivity index (χ4n) is 2.95. The Labute approximate surface area is 124 Å². The van der Waals surface area contributed by atoms with Crippen molar-refractivity contribution in [3.05, 3.63) is 41.9 Å². The lowest BCUT2D eigenvalue weighted by Crippen LogP contribution is -2.41. The number of furan rings is 1. The van der Waals surface area contributed by atoms with E-state index in [1.165, 1.54) is 0 Å². The predicted octanol–water partition coefficient (Wildman–Crippen LogP) is 1.20. The number of likely N-dealkylation sites (N-methyl/N-ethyl adjacent to an activating group) is 1. The summed E-state index contributed by atoms with van der Waals surface area (Å²) in [5.41, 5.74) is 3.15. The van der Waals surface area contributed by atoms with Crippen molar-refractivity contribution in [1.29, 1.82) is 0 Å². The van der Waals surface area contributed by atoms with Gasteiger partial charge < -0.3 is 13.9 Å². The van der Waals surface area contributed by atoms with Crippen LogP contribution in [0.4, 0.5) is 0 Å². The molecule has 3 rings (SSSR count). The average molecular weight is 288 g/mol. The summed E-state index contributed by atoms with van der Waals surface area (Å²) in [5, 5.41) is 0. The van der Waals surface area contributed by atoms with Crippen LogP contribution in [0, 0.1) is 0 Å². The van der Waals surface area contributed by atoms with Crippen molar-refractivity contribution in [2.24, 2.45) is 7.05 Å². The molecular weight excluding hydrogens is 268 g/mol. The van der Waals surface area contributed by atoms with E-state index in [1.807, 2.05) is 17.7 Å². The predicted molar refractivity (Wildman–Crippen MR) is 77.5 cm³/mol. The molecule has 1 amide bonds. The third-order valence-electron chi connectivity index (χ3n) is 3.93. The van der Waals surface area contributed by atoms with E-state index in [1.54, 1.807) is 37.8 Å². The van der Waals surface area contributed by atoms with E-state index in [9.17, 15) is 4.79 Å². The van der Waals surface area contributed by atoms with Crippen molar-refractivity contribution < 1.29 is 9.21 Å². The van der Waals surface area contributed by atoms with E-state index in [-0.39, 0.29) is 11.8 Å². The van der Waals surface area contributed by atoms with Gasteiger partial charge in [0.05, 0.1) is 36.2 Å². The maximum absolute atomic E-state index is 12.5. The first-order valence-electron chi connectivity index (χ1n) is 7.01. The molecule has 0 saturated heterocycles. The van der Waals surface area contributed by atoms with Gasteiger partial charge in [-0.2, -0.15) is 0 Å². The lowest BCUT2D eigenvalue weighted by atomic mass is 9.96. The molecule has 0 radical (unpaired) electrons. The Bertz CT molecular complexity index is 630. The summed E-state index contributed by atoms with van der Waals surface area (Å²) in [6.07, 6.45) is 5.21. The van der Waals surface area contributed by atoms with Crippen LogP contribution < -0.4 is 0 Å². The Morgan fingerprint density at radius 1 is 1.52 bits per heavy atom. The highest BCUT2D eigenvalue weighted by Crippen LogP contribution is 2.29. The third kappa shape index (κ3) is 2.58. The number of nitrogens with zero attached hydrogens (tertiary/aromatic N) is 4. The largest absolute Gasteiger partial charge is 0.472 e. The summed E-state index contributed by atoms with van der Waals surface area (Å²) in [5.74, 6) is -0.0418. The van der Waals surface area contributed by atoms with Gasteiger partial charge >= 0.3 is 0 Å². The number of amides is 1. The Kier molecular flexibility index (Phi) is 3.55. The van der Waals surface area contributed by atoms with Gasteiger partial charge in [0.15, 0.2) is 0 Å². The number of aromatic nitrogens is 2. The minimum atomic E-state index is -0.164. The number of aryl methyl sites for hydroxylation is 1. The summed E-state index contributed by atoms with van der Waals surface area (Å²) in [7, 11) is 5.55. The zero-order valence-electron chi connectivity index (χ0n) is 12.6. The maximum Gasteiger partial charge on any atom is 0.232 e. The van der Waals surface area contributed by atoms with Crippen molar-refractivity contribution in [3.63, 3.8) is 0 Å². The lowest BCUT2D eigenvalue weighted by molar-refractivity contribution is -0.131. The molecule has 1 aliphatic heterocycles. The molecule has 3 heterocycles. The van der Waals surface area contributed by atoms with Gasteiger partial charge in [0.2, 0.25) is 5.91 Å². The van der Waals surface area contributed by atoms with Crippen LogP contribution in [0.3, 0.4) is 0 Å². The molecule has 0 aromatic carbocycles. The van der Waals surface area contributed by atoms with Gasteiger partial charge in [0.1, 0.15) is 0 Å². The normalized spacial score (nSPS) is 18.5. The van der Waals surface area contributed by atoms with Crippen LogP contribution in [0.2, 0.25) is 0 Å². The number of fused-ring (bicyclic) bond motifs is 1. The van der Waals surface area contributed by atoms with Gasteiger partial charge in [0.25, 0.3) is 0 Å². The van der Waals surface area contributed by atoms with Gasteiger partial charge in [0, 0.05) is 46.3 Å². The molecule has 0 fully saturated rings. The first kappa shape index (κ1) is 13.9. The molecule has 112 valence electrons. The molecule has 0 bridgehead atoms. The van der Waals surface area contributed by atoms with E-state index >= 15 is 0 Å². The summed E-state index contributed by atoms with van der Waals surface area (Å²) in [4.78, 5) is 20.9. The molecule has 6 heteroatoms. The second-order valence-electron chi connectivity index (χ2n) is 5.77. The lowest BCUT2D eigenvalue weighted by Gasteiger charge is -2.33. The summed E-state index contributed by atoms with van der Waals surface area (Å²) in [6, 6.07) is 1.96. The van der Waals surface area contributed by atoms with Crippen molar-refractivity contribution >= 4 is 5.91 Å². The zero-order chi connectivity index (χ0) is 15.0. The molecule has 0 N–H and O–H groups in total. The molecule has 1 atom stereocenters. The quantitative estimate of drug-likeness (QED) is 0.851. The Balaban J connectivity index is 1.88. The second-order valence-corrected chi connectivity index (χ2v) is 5.77. The van der Waals surface area contributed by atoms with Crippen molar-refractivity contribution in [1.82, 2.24) is 19.4 Å². The monoisotopic (exact) mass is 288 g/mol. The van der Waals surface area contributed by atoms with Crippen molar-refractivity contribution in [3.8, 4) is 0 Å². The Morgan fingerprint density at radius 2 is 2.33 bits per heavy atom. The summed E-state index contributed by atoms with van der Waals surface area (Å²) >= 11 is 0. The standard InChI is InChI=1S/C15H20N4O2/c1-17(2)15(20)12-7-19(6-11-4-5-21-9-11)8-13-14(12)18(3)10-16-13/h4-5,9-10,12H,6-8H2,1-3H3/t12-/m1/s1. The van der Waals surface area contributed by atoms with Gasteiger partial charge in [-0.1, -0.05) is 0 Å². The van der Waals surface area contributed by atoms with Gasteiger partial charge in [-0.15, -0.1) is 0 Å². The van der Waals surface area contributed by atoms with Crippen LogP contribution in [0.5, 0.6) is 0 Å². The van der Waals surface area contributed by atoms with Crippen LogP contribution in [-0.2, 0) is 24.9 Å². The summed E-state index contributed by atoms with van der Waals surface area (Å²) < 4.78 is 7.09. The van der Waals surface area contributed by atoms with Crippen molar-refractivity contribution in [2.75, 3.05) is 20.6 Å². The zero-order valence-corrected chi connectivity index (χ0v) is 12.6. The molecule has 0 saturated carbocycles. The van der Waals surface area contributed by atoms with Crippen LogP contribution >= 0.6 is 0 Å². The molecule has 0 spiro atoms. The molecule has 2 aromatic heterocycles. The fraction of sp³-hybridized carbons (Fsp3) is 0.467. The highest BCUT2D eigenvalue weighted by molar-refractivity contribution is 5.83. The van der Waals surface area contributed by atoms with E-state index in [2.05, 4.69) is 9.88 Å². The minimum absolute atomic E-state index is 0.122. The van der Waals surface area contributed by atoms with E-state index < -0.39 is 0 Å². The first-order chi connectivity index (χ1) is 10.1. The van der Waals surface area contributed by atoms with Crippen molar-refractivity contribution in [2.45, 2.75) is 19.0 Å². The van der Waals surface area contributed by atoms with Gasteiger partial charge in [-0.05, 0) is 6.07 Å². The summed E-state index contributed by atoms with van der Waals surface area (Å²) in [6.45, 7) is 2.23. The molecule has 2 aromatic rings. The number of carbonyl (C=O) groups excluding carboxylic acids is 1. The molecular formula is C15H20N4O2. The molecule has 21 heavy (non-hydrogen) atoms. The highest BCUT2D eigenvalue weighted by Gasteiger charge is 2.34. The SMILES string of the molecule is CN(C)C(=O)[C@@H]1CN(Cc2ccoc2)Cc2ncn(C)c21. The molecule has 6 nitrogen and oxygen atoms in total. The van der Waals surface area contributed by atoms with Gasteiger partial charge in [-0.25, -0.2) is 4.98 Å². The Hall–Kier alpha value is -2.08. The molecule has 0 unspecified atom stereocenters. The van der Waals surface area contributed by atoms with Crippen LogP contribution in [0.1, 0.15) is 22.9 Å². The number of rotatable bonds is 3. The van der Waals surface area contributed by atoms with Gasteiger partial charge in [-0.3, -0.25) is 9.69 Å². The van der Waals surface area contributed by atoms with Crippen LogP contribution in [0.25, 0.3) is 0 Å². The topological polar surface area (TPSA) is 54.5 Å². The smallest absolute Gasteiger partial charge is 0.232 e. The minimum Gasteiger partial charge on any atom is -0.472 e. The first-order valence-corrected chi connectivity index (χ1v) is 7.01. The highest BCUT2D eigenvalue weighted by atomic mass is 16.3. The average Bonchev–Trinajstić information content (AvgIpc) is 3.08. The van der Waals surface area contributed by atoms with Crippen LogP contribution in [-0.4, -0.2) is 45.9 Å². The third-order valence-corrected chi connectivity index (χ3v) is 3.93. The van der Waals surface area contributed by atoms with E-state index in [0.29, 0.717) is 6.54 Å².